The minimum atomic E-state index is -1.03. The molecule has 1 atom stereocenters. The number of carboxylic acid groups (broad SMARTS) is 1. The summed E-state index contributed by atoms with van der Waals surface area (Å²) in [5.74, 6) is -0.339. The van der Waals surface area contributed by atoms with E-state index in [1.165, 1.54) is 0 Å². The zero-order valence-corrected chi connectivity index (χ0v) is 17.9. The van der Waals surface area contributed by atoms with Gasteiger partial charge in [0.05, 0.1) is 5.41 Å². The highest BCUT2D eigenvalue weighted by Gasteiger charge is 2.57. The van der Waals surface area contributed by atoms with E-state index in [0.29, 0.717) is 25.2 Å². The third-order valence-corrected chi connectivity index (χ3v) is 6.80. The molecular formula is C24H36O3. The highest BCUT2D eigenvalue weighted by Crippen LogP contribution is 2.55. The number of carboxylic acids is 1. The Morgan fingerprint density at radius 1 is 1.07 bits per heavy atom. The van der Waals surface area contributed by atoms with Gasteiger partial charge in [0.1, 0.15) is 0 Å². The summed E-state index contributed by atoms with van der Waals surface area (Å²) in [5, 5.41) is 10.3. The van der Waals surface area contributed by atoms with E-state index in [0.717, 1.165) is 47.9 Å². The summed E-state index contributed by atoms with van der Waals surface area (Å²) in [6.45, 7) is 12.1. The molecule has 1 unspecified atom stereocenters. The van der Waals surface area contributed by atoms with Gasteiger partial charge in [-0.3, -0.25) is 9.59 Å². The highest BCUT2D eigenvalue weighted by atomic mass is 16.4. The van der Waals surface area contributed by atoms with Crippen LogP contribution in [0.4, 0.5) is 0 Å². The van der Waals surface area contributed by atoms with Gasteiger partial charge in [0, 0.05) is 11.0 Å². The molecule has 27 heavy (non-hydrogen) atoms. The average Bonchev–Trinajstić information content (AvgIpc) is 2.58. The number of carbonyl (C=O) groups excluding carboxylic acids is 1. The Balaban J connectivity index is 2.62. The largest absolute Gasteiger partial charge is 0.481 e. The Labute approximate surface area is 164 Å². The van der Waals surface area contributed by atoms with Crippen LogP contribution in [0.25, 0.3) is 0 Å². The number of carbonyl (C=O) groups is 2. The second-order valence-electron chi connectivity index (χ2n) is 9.32. The van der Waals surface area contributed by atoms with Crippen molar-refractivity contribution in [3.05, 3.63) is 34.4 Å². The smallest absolute Gasteiger partial charge is 0.310 e. The summed E-state index contributed by atoms with van der Waals surface area (Å²) in [6, 6.07) is 4.09. The fraction of sp³-hybridized carbons (Fsp3) is 0.667. The van der Waals surface area contributed by atoms with Crippen LogP contribution in [0.15, 0.2) is 12.1 Å². The van der Waals surface area contributed by atoms with Crippen LogP contribution in [0.3, 0.4) is 0 Å². The molecule has 0 saturated heterocycles. The molecule has 0 bridgehead atoms. The van der Waals surface area contributed by atoms with Gasteiger partial charge in [-0.1, -0.05) is 50.8 Å². The molecule has 1 aliphatic carbocycles. The minimum absolute atomic E-state index is 0.0610. The number of aryl methyl sites for hydroxylation is 3. The molecule has 150 valence electrons. The van der Waals surface area contributed by atoms with Crippen molar-refractivity contribution < 1.29 is 14.7 Å². The van der Waals surface area contributed by atoms with E-state index >= 15 is 0 Å². The number of hydrogen-bond donors (Lipinski definition) is 1. The van der Waals surface area contributed by atoms with E-state index in [2.05, 4.69) is 13.8 Å². The normalized spacial score (nSPS) is 18.9. The van der Waals surface area contributed by atoms with Crippen LogP contribution in [0.2, 0.25) is 0 Å². The van der Waals surface area contributed by atoms with E-state index in [9.17, 15) is 14.7 Å². The third-order valence-electron chi connectivity index (χ3n) is 6.80. The first-order chi connectivity index (χ1) is 12.5. The van der Waals surface area contributed by atoms with Crippen LogP contribution in [0.1, 0.15) is 92.8 Å². The van der Waals surface area contributed by atoms with Gasteiger partial charge in [-0.15, -0.1) is 0 Å². The van der Waals surface area contributed by atoms with Gasteiger partial charge >= 0.3 is 5.97 Å². The number of Topliss-reactive ketones (excluding diaryl/α,β-unsaturated/α-hetero) is 1. The monoisotopic (exact) mass is 372 g/mol. The molecule has 0 amide bonds. The molecule has 0 spiro atoms. The lowest BCUT2D eigenvalue weighted by molar-refractivity contribution is -0.157. The Kier molecular flexibility index (Phi) is 6.55. The Morgan fingerprint density at radius 2 is 1.59 bits per heavy atom. The molecule has 0 heterocycles. The quantitative estimate of drug-likeness (QED) is 0.574. The lowest BCUT2D eigenvalue weighted by atomic mass is 9.53. The molecule has 2 rings (SSSR count). The summed E-state index contributed by atoms with van der Waals surface area (Å²) in [6.07, 6.45) is 5.68. The fourth-order valence-corrected chi connectivity index (χ4v) is 5.09. The molecule has 3 nitrogen and oxygen atoms in total. The Bertz CT molecular complexity index is 687. The highest BCUT2D eigenvalue weighted by molar-refractivity contribution is 6.05. The molecule has 1 aromatic carbocycles. The summed E-state index contributed by atoms with van der Waals surface area (Å²) in [7, 11) is 0. The second kappa shape index (κ2) is 8.16. The van der Waals surface area contributed by atoms with Gasteiger partial charge in [-0.05, 0) is 70.4 Å². The summed E-state index contributed by atoms with van der Waals surface area (Å²) >= 11 is 0. The molecule has 1 aromatic rings. The van der Waals surface area contributed by atoms with Crippen LogP contribution >= 0.6 is 0 Å². The fourth-order valence-electron chi connectivity index (χ4n) is 5.09. The van der Waals surface area contributed by atoms with Crippen molar-refractivity contribution in [3.8, 4) is 0 Å². The van der Waals surface area contributed by atoms with Crippen LogP contribution < -0.4 is 0 Å². The zero-order chi connectivity index (χ0) is 20.4. The molecule has 1 saturated carbocycles. The Hall–Kier alpha value is -1.64. The SMILES string of the molecule is Cc1cc(C)c(C(=O)C2(C(C)(CCC(C)C)C(=O)O)CCCCC2)c(C)c1. The van der Waals surface area contributed by atoms with E-state index in [1.807, 2.05) is 39.8 Å². The number of hydrogen-bond acceptors (Lipinski definition) is 2. The summed E-state index contributed by atoms with van der Waals surface area (Å²) < 4.78 is 0. The maximum atomic E-state index is 14.0. The predicted octanol–water partition coefficient (Wildman–Crippen LogP) is 6.27. The van der Waals surface area contributed by atoms with Crippen molar-refractivity contribution in [3.63, 3.8) is 0 Å². The van der Waals surface area contributed by atoms with Crippen LogP contribution in [-0.2, 0) is 4.79 Å². The van der Waals surface area contributed by atoms with Crippen molar-refractivity contribution >= 4 is 11.8 Å². The van der Waals surface area contributed by atoms with Crippen LogP contribution in [0, 0.1) is 37.5 Å². The topological polar surface area (TPSA) is 54.4 Å². The number of aliphatic carboxylic acids is 1. The van der Waals surface area contributed by atoms with Crippen LogP contribution in [-0.4, -0.2) is 16.9 Å². The summed E-state index contributed by atoms with van der Waals surface area (Å²) in [5.41, 5.74) is 1.99. The molecule has 1 aliphatic rings. The van der Waals surface area contributed by atoms with Gasteiger partial charge in [0.25, 0.3) is 0 Å². The molecule has 0 aromatic heterocycles. The zero-order valence-electron chi connectivity index (χ0n) is 17.9. The first-order valence-electron chi connectivity index (χ1n) is 10.4. The van der Waals surface area contributed by atoms with Gasteiger partial charge in [-0.25, -0.2) is 0 Å². The Morgan fingerprint density at radius 3 is 2.04 bits per heavy atom. The van der Waals surface area contributed by atoms with Gasteiger partial charge in [0.15, 0.2) is 5.78 Å². The van der Waals surface area contributed by atoms with E-state index < -0.39 is 16.8 Å². The average molecular weight is 373 g/mol. The van der Waals surface area contributed by atoms with Gasteiger partial charge < -0.3 is 5.11 Å². The van der Waals surface area contributed by atoms with Crippen molar-refractivity contribution in [1.29, 1.82) is 0 Å². The van der Waals surface area contributed by atoms with Gasteiger partial charge in [0.2, 0.25) is 0 Å². The van der Waals surface area contributed by atoms with Crippen molar-refractivity contribution in [2.45, 2.75) is 86.5 Å². The molecule has 0 radical (unpaired) electrons. The third kappa shape index (κ3) is 3.97. The first kappa shape index (κ1) is 21.7. The predicted molar refractivity (Wildman–Crippen MR) is 110 cm³/mol. The number of rotatable bonds is 7. The van der Waals surface area contributed by atoms with Crippen molar-refractivity contribution in [2.75, 3.05) is 0 Å². The van der Waals surface area contributed by atoms with Crippen molar-refractivity contribution in [1.82, 2.24) is 0 Å². The lowest BCUT2D eigenvalue weighted by Gasteiger charge is -2.48. The molecule has 3 heteroatoms. The van der Waals surface area contributed by atoms with Crippen molar-refractivity contribution in [2.24, 2.45) is 16.7 Å². The van der Waals surface area contributed by atoms with Crippen LogP contribution in [0.5, 0.6) is 0 Å². The standard InChI is InChI=1S/C24H36O3/c1-16(2)10-13-23(6,22(26)27)24(11-8-7-9-12-24)21(25)20-18(4)14-17(3)15-19(20)5/h14-16H,7-13H2,1-6H3,(H,26,27). The van der Waals surface area contributed by atoms with Gasteiger partial charge in [-0.2, -0.15) is 0 Å². The maximum absolute atomic E-state index is 14.0. The van der Waals surface area contributed by atoms with E-state index in [1.54, 1.807) is 0 Å². The maximum Gasteiger partial charge on any atom is 0.310 e. The molecule has 0 aliphatic heterocycles. The van der Waals surface area contributed by atoms with E-state index in [-0.39, 0.29) is 5.78 Å². The second-order valence-corrected chi connectivity index (χ2v) is 9.32. The molecular weight excluding hydrogens is 336 g/mol. The molecule has 1 fully saturated rings. The summed E-state index contributed by atoms with van der Waals surface area (Å²) in [4.78, 5) is 26.6. The van der Waals surface area contributed by atoms with E-state index in [4.69, 9.17) is 0 Å². The minimum Gasteiger partial charge on any atom is -0.481 e. The molecule has 1 N–H and O–H groups in total. The first-order valence-corrected chi connectivity index (χ1v) is 10.4. The lowest BCUT2D eigenvalue weighted by Crippen LogP contribution is -2.52. The number of benzene rings is 1. The number of ketones is 1.